The molecule has 2 aromatic carbocycles. The molecule has 29 heavy (non-hydrogen) atoms. The van der Waals surface area contributed by atoms with Gasteiger partial charge < -0.3 is 0 Å². The zero-order valence-corrected chi connectivity index (χ0v) is 18.1. The first-order valence-corrected chi connectivity index (χ1v) is 11.8. The third kappa shape index (κ3) is 4.99. The number of benzene rings is 2. The highest BCUT2D eigenvalue weighted by molar-refractivity contribution is 7.93. The van der Waals surface area contributed by atoms with Gasteiger partial charge in [0.2, 0.25) is 0 Å². The monoisotopic (exact) mass is 471 g/mol. The summed E-state index contributed by atoms with van der Waals surface area (Å²) in [5, 5.41) is 0.278. The molecule has 0 aliphatic carbocycles. The van der Waals surface area contributed by atoms with E-state index in [-0.39, 0.29) is 20.6 Å². The summed E-state index contributed by atoms with van der Waals surface area (Å²) in [6, 6.07) is 13.0. The van der Waals surface area contributed by atoms with Crippen molar-refractivity contribution >= 4 is 54.6 Å². The third-order valence-corrected chi connectivity index (χ3v) is 7.32. The molecule has 0 fully saturated rings. The quantitative estimate of drug-likeness (QED) is 0.521. The molecule has 11 heteroatoms. The molecule has 152 valence electrons. The van der Waals surface area contributed by atoms with Crippen LogP contribution >= 0.6 is 23.2 Å². The molecule has 0 radical (unpaired) electrons. The number of aromatic nitrogens is 1. The van der Waals surface area contributed by atoms with Crippen LogP contribution < -0.4 is 9.44 Å². The standard InChI is InChI=1S/C18H15Cl2N3O4S2/c1-12-4-9-15(28(24,25)22-14-7-5-13(19)6-8-14)11-16(12)23-29(26,27)17-3-2-10-21-18(17)20/h2-11,22-23H,1H3. The second kappa shape index (κ2) is 8.19. The van der Waals surface area contributed by atoms with Gasteiger partial charge in [-0.1, -0.05) is 29.3 Å². The van der Waals surface area contributed by atoms with Gasteiger partial charge in [0.15, 0.2) is 0 Å². The van der Waals surface area contributed by atoms with Crippen LogP contribution in [0.4, 0.5) is 11.4 Å². The number of nitrogens with zero attached hydrogens (tertiary/aromatic N) is 1. The number of aryl methyl sites for hydroxylation is 1. The van der Waals surface area contributed by atoms with E-state index >= 15 is 0 Å². The molecule has 0 amide bonds. The number of pyridine rings is 1. The van der Waals surface area contributed by atoms with Gasteiger partial charge in [0.05, 0.1) is 10.6 Å². The van der Waals surface area contributed by atoms with E-state index in [1.54, 1.807) is 19.1 Å². The summed E-state index contributed by atoms with van der Waals surface area (Å²) >= 11 is 11.7. The number of hydrogen-bond donors (Lipinski definition) is 2. The molecule has 0 unspecified atom stereocenters. The molecule has 3 rings (SSSR count). The van der Waals surface area contributed by atoms with Crippen molar-refractivity contribution in [2.75, 3.05) is 9.44 Å². The Bertz CT molecular complexity index is 1260. The SMILES string of the molecule is Cc1ccc(S(=O)(=O)Nc2ccc(Cl)cc2)cc1NS(=O)(=O)c1cccnc1Cl. The largest absolute Gasteiger partial charge is 0.280 e. The molecule has 0 saturated heterocycles. The van der Waals surface area contributed by atoms with E-state index in [0.717, 1.165) is 0 Å². The Morgan fingerprint density at radius 3 is 2.21 bits per heavy atom. The first kappa shape index (κ1) is 21.4. The van der Waals surface area contributed by atoms with E-state index in [4.69, 9.17) is 23.2 Å². The minimum atomic E-state index is -4.07. The van der Waals surface area contributed by atoms with Gasteiger partial charge in [0.1, 0.15) is 10.0 Å². The van der Waals surface area contributed by atoms with Crippen LogP contribution in [0, 0.1) is 6.92 Å². The summed E-state index contributed by atoms with van der Waals surface area (Å²) < 4.78 is 55.4. The van der Waals surface area contributed by atoms with Crippen molar-refractivity contribution in [2.24, 2.45) is 0 Å². The van der Waals surface area contributed by atoms with Gasteiger partial charge >= 0.3 is 0 Å². The lowest BCUT2D eigenvalue weighted by Crippen LogP contribution is -2.16. The highest BCUT2D eigenvalue weighted by atomic mass is 35.5. The van der Waals surface area contributed by atoms with Crippen LogP contribution in [0.3, 0.4) is 0 Å². The van der Waals surface area contributed by atoms with Crippen molar-refractivity contribution in [3.63, 3.8) is 0 Å². The van der Waals surface area contributed by atoms with Crippen molar-refractivity contribution in [3.8, 4) is 0 Å². The van der Waals surface area contributed by atoms with Gasteiger partial charge in [0, 0.05) is 16.9 Å². The number of sulfonamides is 2. The topological polar surface area (TPSA) is 105 Å². The molecule has 0 bridgehead atoms. The van der Waals surface area contributed by atoms with Crippen molar-refractivity contribution < 1.29 is 16.8 Å². The van der Waals surface area contributed by atoms with Crippen molar-refractivity contribution in [2.45, 2.75) is 16.7 Å². The fraction of sp³-hybridized carbons (Fsp3) is 0.0556. The highest BCUT2D eigenvalue weighted by Crippen LogP contribution is 2.27. The van der Waals surface area contributed by atoms with E-state index in [0.29, 0.717) is 16.3 Å². The molecule has 0 aliphatic heterocycles. The predicted octanol–water partition coefficient (Wildman–Crippen LogP) is 4.30. The number of hydrogen-bond acceptors (Lipinski definition) is 5. The Hall–Kier alpha value is -2.33. The summed E-state index contributed by atoms with van der Waals surface area (Å²) in [7, 11) is -8.03. The number of anilines is 2. The van der Waals surface area contributed by atoms with Gasteiger partial charge in [-0.25, -0.2) is 21.8 Å². The molecule has 2 N–H and O–H groups in total. The van der Waals surface area contributed by atoms with Gasteiger partial charge in [0.25, 0.3) is 20.0 Å². The Morgan fingerprint density at radius 2 is 1.55 bits per heavy atom. The predicted molar refractivity (Wildman–Crippen MR) is 113 cm³/mol. The van der Waals surface area contributed by atoms with Crippen LogP contribution in [-0.2, 0) is 20.0 Å². The minimum absolute atomic E-state index is 0.101. The fourth-order valence-corrected chi connectivity index (χ4v) is 5.17. The number of rotatable bonds is 6. The lowest BCUT2D eigenvalue weighted by Gasteiger charge is -2.14. The van der Waals surface area contributed by atoms with Crippen LogP contribution in [-0.4, -0.2) is 21.8 Å². The Kier molecular flexibility index (Phi) is 6.04. The van der Waals surface area contributed by atoms with Gasteiger partial charge in [-0.3, -0.25) is 9.44 Å². The lowest BCUT2D eigenvalue weighted by molar-refractivity contribution is 0.598. The molecule has 0 atom stereocenters. The Balaban J connectivity index is 1.94. The van der Waals surface area contributed by atoms with Gasteiger partial charge in [-0.05, 0) is 61.0 Å². The van der Waals surface area contributed by atoms with Gasteiger partial charge in [-0.2, -0.15) is 0 Å². The van der Waals surface area contributed by atoms with E-state index in [9.17, 15) is 16.8 Å². The molecule has 7 nitrogen and oxygen atoms in total. The lowest BCUT2D eigenvalue weighted by atomic mass is 10.2. The zero-order valence-electron chi connectivity index (χ0n) is 14.9. The maximum Gasteiger partial charge on any atom is 0.264 e. The Labute approximate surface area is 178 Å². The molecule has 1 heterocycles. The Morgan fingerprint density at radius 1 is 0.862 bits per heavy atom. The van der Waals surface area contributed by atoms with E-state index in [2.05, 4.69) is 14.4 Å². The average Bonchev–Trinajstić information content (AvgIpc) is 2.65. The van der Waals surface area contributed by atoms with Crippen LogP contribution in [0.2, 0.25) is 10.2 Å². The van der Waals surface area contributed by atoms with Crippen molar-refractivity contribution in [1.82, 2.24) is 4.98 Å². The van der Waals surface area contributed by atoms with Crippen LogP contribution in [0.25, 0.3) is 0 Å². The van der Waals surface area contributed by atoms with Crippen molar-refractivity contribution in [3.05, 3.63) is 76.5 Å². The first-order chi connectivity index (χ1) is 13.6. The maximum atomic E-state index is 12.7. The van der Waals surface area contributed by atoms with Crippen molar-refractivity contribution in [1.29, 1.82) is 0 Å². The summed E-state index contributed by atoms with van der Waals surface area (Å²) in [5.41, 5.74) is 0.946. The maximum absolute atomic E-state index is 12.7. The number of halogens is 2. The highest BCUT2D eigenvalue weighted by Gasteiger charge is 2.21. The van der Waals surface area contributed by atoms with Crippen LogP contribution in [0.15, 0.2) is 70.6 Å². The van der Waals surface area contributed by atoms with Crippen LogP contribution in [0.1, 0.15) is 5.56 Å². The molecule has 1 aromatic heterocycles. The average molecular weight is 472 g/mol. The van der Waals surface area contributed by atoms with Crippen LogP contribution in [0.5, 0.6) is 0 Å². The minimum Gasteiger partial charge on any atom is -0.280 e. The zero-order chi connectivity index (χ0) is 21.2. The normalized spacial score (nSPS) is 11.8. The third-order valence-electron chi connectivity index (χ3n) is 3.87. The second-order valence-electron chi connectivity index (χ2n) is 5.99. The van der Waals surface area contributed by atoms with Gasteiger partial charge in [-0.15, -0.1) is 0 Å². The second-order valence-corrected chi connectivity index (χ2v) is 10.1. The summed E-state index contributed by atoms with van der Waals surface area (Å²) in [4.78, 5) is 3.42. The summed E-state index contributed by atoms with van der Waals surface area (Å²) in [6.45, 7) is 1.64. The molecule has 3 aromatic rings. The van der Waals surface area contributed by atoms with E-state index in [1.807, 2.05) is 0 Å². The molecular formula is C18H15Cl2N3O4S2. The smallest absolute Gasteiger partial charge is 0.264 e. The first-order valence-electron chi connectivity index (χ1n) is 8.11. The van der Waals surface area contributed by atoms with E-state index < -0.39 is 20.0 Å². The molecule has 0 spiro atoms. The number of nitrogens with one attached hydrogen (secondary N) is 2. The molecule has 0 saturated carbocycles. The summed E-state index contributed by atoms with van der Waals surface area (Å²) in [6.07, 6.45) is 1.36. The summed E-state index contributed by atoms with van der Waals surface area (Å²) in [5.74, 6) is 0. The molecular weight excluding hydrogens is 457 g/mol. The fourth-order valence-electron chi connectivity index (χ4n) is 2.38. The van der Waals surface area contributed by atoms with E-state index in [1.165, 1.54) is 48.7 Å². The molecule has 0 aliphatic rings.